The summed E-state index contributed by atoms with van der Waals surface area (Å²) in [7, 11) is -9.27. The predicted octanol–water partition coefficient (Wildman–Crippen LogP) is 2.97. The molecular weight excluding hydrogens is 513 g/mol. The zero-order valence-corrected chi connectivity index (χ0v) is 23.6. The summed E-state index contributed by atoms with van der Waals surface area (Å²) < 4.78 is 70.5. The quantitative estimate of drug-likeness (QED) is 0.454. The van der Waals surface area contributed by atoms with E-state index in [1.807, 2.05) is 41.5 Å². The number of nitrogens with zero attached hydrogens (tertiary/aromatic N) is 3. The summed E-state index contributed by atoms with van der Waals surface area (Å²) in [5.74, 6) is 0. The molecule has 2 fully saturated rings. The molecule has 9 nitrogen and oxygen atoms in total. The molecule has 0 aliphatic carbocycles. The van der Waals surface area contributed by atoms with Crippen molar-refractivity contribution >= 4 is 43.7 Å². The molecule has 5 rings (SSSR count). The lowest BCUT2D eigenvalue weighted by molar-refractivity contribution is 0.00578. The Kier molecular flexibility index (Phi) is 6.15. The van der Waals surface area contributed by atoms with Crippen LogP contribution in [0.5, 0.6) is 0 Å². The second kappa shape index (κ2) is 8.64. The van der Waals surface area contributed by atoms with Gasteiger partial charge in [0.15, 0.2) is 10.7 Å². The molecule has 198 valence electrons. The Labute approximate surface area is 219 Å². The molecule has 0 bridgehead atoms. The normalized spacial score (nSPS) is 20.2. The van der Waals surface area contributed by atoms with Crippen LogP contribution in [0.2, 0.25) is 0 Å². The number of hydrogen-bond acceptors (Lipinski definition) is 7. The summed E-state index contributed by atoms with van der Waals surface area (Å²) in [5, 5.41) is 0.0350. The Morgan fingerprint density at radius 3 is 2.03 bits per heavy atom. The molecule has 3 aromatic rings. The van der Waals surface area contributed by atoms with Crippen molar-refractivity contribution in [1.82, 2.24) is 13.3 Å². The summed E-state index contributed by atoms with van der Waals surface area (Å²) in [6.45, 7) is 12.1. The van der Waals surface area contributed by atoms with Crippen LogP contribution in [0, 0.1) is 13.8 Å². The second-order valence-electron chi connectivity index (χ2n) is 10.9. The number of hydrogen-bond donors (Lipinski definition) is 0. The second-order valence-corrected chi connectivity index (χ2v) is 14.5. The van der Waals surface area contributed by atoms with Crippen molar-refractivity contribution < 1.29 is 26.1 Å². The molecule has 0 atom stereocenters. The Bertz CT molecular complexity index is 1570. The monoisotopic (exact) mass is 545 g/mol. The Morgan fingerprint density at radius 2 is 1.46 bits per heavy atom. The van der Waals surface area contributed by atoms with Gasteiger partial charge in [-0.3, -0.25) is 0 Å². The molecule has 12 heteroatoms. The molecule has 1 aromatic carbocycles. The van der Waals surface area contributed by atoms with Gasteiger partial charge in [0.05, 0.1) is 16.1 Å². The largest absolute Gasteiger partial charge is 0.495 e. The first-order chi connectivity index (χ1) is 17.2. The lowest BCUT2D eigenvalue weighted by atomic mass is 9.75. The molecule has 0 unspecified atom stereocenters. The van der Waals surface area contributed by atoms with Crippen molar-refractivity contribution in [3.05, 3.63) is 47.7 Å². The van der Waals surface area contributed by atoms with E-state index in [-0.39, 0.29) is 15.6 Å². The molecule has 2 aliphatic rings. The van der Waals surface area contributed by atoms with Crippen LogP contribution in [0.3, 0.4) is 0 Å². The summed E-state index contributed by atoms with van der Waals surface area (Å²) in [6, 6.07) is 7.73. The summed E-state index contributed by atoms with van der Waals surface area (Å²) >= 11 is 0. The van der Waals surface area contributed by atoms with Crippen molar-refractivity contribution in [2.24, 2.45) is 0 Å². The van der Waals surface area contributed by atoms with Gasteiger partial charge in [-0.05, 0) is 83.6 Å². The average Bonchev–Trinajstić information content (AvgIpc) is 3.51. The van der Waals surface area contributed by atoms with Crippen LogP contribution < -0.4 is 5.46 Å². The highest BCUT2D eigenvalue weighted by molar-refractivity contribution is 7.92. The van der Waals surface area contributed by atoms with E-state index in [2.05, 4.69) is 4.98 Å². The molecular formula is C25H32BN3O6S2. The third kappa shape index (κ3) is 4.13. The summed E-state index contributed by atoms with van der Waals surface area (Å²) in [5.41, 5.74) is 0.911. The molecule has 4 heterocycles. The maximum atomic E-state index is 14.0. The van der Waals surface area contributed by atoms with Crippen LogP contribution in [-0.4, -0.2) is 61.5 Å². The van der Waals surface area contributed by atoms with E-state index < -0.39 is 38.4 Å². The van der Waals surface area contributed by atoms with Crippen LogP contribution in [-0.2, 0) is 29.4 Å². The van der Waals surface area contributed by atoms with Gasteiger partial charge in [0.2, 0.25) is 0 Å². The number of rotatable bonds is 5. The summed E-state index contributed by atoms with van der Waals surface area (Å²) in [6.07, 6.45) is 2.98. The highest BCUT2D eigenvalue weighted by atomic mass is 32.2. The van der Waals surface area contributed by atoms with Gasteiger partial charge in [-0.15, -0.1) is 0 Å². The smallest absolute Gasteiger partial charge is 0.399 e. The fourth-order valence-corrected chi connectivity index (χ4v) is 8.28. The third-order valence-electron chi connectivity index (χ3n) is 7.71. The van der Waals surface area contributed by atoms with Gasteiger partial charge in [-0.2, -0.15) is 4.31 Å². The van der Waals surface area contributed by atoms with E-state index in [1.54, 1.807) is 12.1 Å². The first-order valence-electron chi connectivity index (χ1n) is 12.4. The summed E-state index contributed by atoms with van der Waals surface area (Å²) in [4.78, 5) is 4.42. The van der Waals surface area contributed by atoms with Gasteiger partial charge in [-0.25, -0.2) is 25.8 Å². The van der Waals surface area contributed by atoms with Crippen LogP contribution in [0.4, 0.5) is 0 Å². The van der Waals surface area contributed by atoms with Crippen molar-refractivity contribution in [3.8, 4) is 0 Å². The molecule has 2 aromatic heterocycles. The van der Waals surface area contributed by atoms with E-state index in [0.29, 0.717) is 29.5 Å². The number of fused-ring (bicyclic) bond motifs is 1. The van der Waals surface area contributed by atoms with Crippen molar-refractivity contribution in [2.75, 3.05) is 13.1 Å². The first kappa shape index (κ1) is 26.4. The van der Waals surface area contributed by atoms with Crippen LogP contribution in [0.15, 0.2) is 46.5 Å². The number of sulfonamides is 1. The average molecular weight is 545 g/mol. The van der Waals surface area contributed by atoms with E-state index >= 15 is 0 Å². The van der Waals surface area contributed by atoms with Crippen LogP contribution in [0.25, 0.3) is 11.0 Å². The van der Waals surface area contributed by atoms with Gasteiger partial charge in [0.1, 0.15) is 0 Å². The molecule has 2 aliphatic heterocycles. The fourth-order valence-electron chi connectivity index (χ4n) is 4.78. The lowest BCUT2D eigenvalue weighted by Gasteiger charge is -2.32. The lowest BCUT2D eigenvalue weighted by Crippen LogP contribution is -2.41. The Hall–Kier alpha value is -2.25. The van der Waals surface area contributed by atoms with Gasteiger partial charge in [0, 0.05) is 24.7 Å². The SMILES string of the molecule is Cc1ccc(S(=O)(=O)n2c(S(=O)(=O)N3CCCC3)cc3c(B4OC(C)(C)C(C)(C)O4)c(C)cnc32)cc1. The standard InChI is InChI=1S/C25H32BN3O6S2/c1-17-9-11-19(12-10-17)36(30,31)29-21(37(32,33)28-13-7-8-14-28)15-20-22(18(2)16-27-23(20)29)26-34-24(3,4)25(5,6)35-26/h9-12,15-16H,7-8,13-14H2,1-6H3. The van der Waals surface area contributed by atoms with Gasteiger partial charge in [-0.1, -0.05) is 17.7 Å². The van der Waals surface area contributed by atoms with Crippen LogP contribution in [0.1, 0.15) is 51.7 Å². The number of benzene rings is 1. The van der Waals surface area contributed by atoms with Crippen molar-refractivity contribution in [3.63, 3.8) is 0 Å². The zero-order valence-electron chi connectivity index (χ0n) is 22.0. The fraction of sp³-hybridized carbons (Fsp3) is 0.480. The Balaban J connectivity index is 1.81. The first-order valence-corrected chi connectivity index (χ1v) is 15.2. The number of aryl methyl sites for hydroxylation is 2. The molecule has 0 saturated carbocycles. The maximum Gasteiger partial charge on any atom is 0.495 e. The number of pyridine rings is 1. The Morgan fingerprint density at radius 1 is 0.892 bits per heavy atom. The minimum Gasteiger partial charge on any atom is -0.399 e. The van der Waals surface area contributed by atoms with E-state index in [4.69, 9.17) is 9.31 Å². The third-order valence-corrected chi connectivity index (χ3v) is 11.4. The molecule has 2 saturated heterocycles. The highest BCUT2D eigenvalue weighted by Crippen LogP contribution is 2.38. The zero-order chi connectivity index (χ0) is 27.0. The van der Waals surface area contributed by atoms with Crippen molar-refractivity contribution in [1.29, 1.82) is 0 Å². The molecule has 37 heavy (non-hydrogen) atoms. The minimum absolute atomic E-state index is 0.0203. The molecule has 0 amide bonds. The van der Waals surface area contributed by atoms with E-state index in [1.165, 1.54) is 28.7 Å². The van der Waals surface area contributed by atoms with Gasteiger partial charge < -0.3 is 9.31 Å². The van der Waals surface area contributed by atoms with Crippen molar-refractivity contribution in [2.45, 2.75) is 75.5 Å². The molecule has 0 radical (unpaired) electrons. The minimum atomic E-state index is -4.31. The van der Waals surface area contributed by atoms with E-state index in [0.717, 1.165) is 22.4 Å². The maximum absolute atomic E-state index is 14.0. The van der Waals surface area contributed by atoms with E-state index in [9.17, 15) is 16.8 Å². The van der Waals surface area contributed by atoms with Gasteiger partial charge >= 0.3 is 7.12 Å². The predicted molar refractivity (Wildman–Crippen MR) is 142 cm³/mol. The highest BCUT2D eigenvalue weighted by Gasteiger charge is 2.53. The van der Waals surface area contributed by atoms with Gasteiger partial charge in [0.25, 0.3) is 20.0 Å². The molecule has 0 spiro atoms. The molecule has 0 N–H and O–H groups in total. The van der Waals surface area contributed by atoms with Crippen LogP contribution >= 0.6 is 0 Å². The number of aromatic nitrogens is 2. The topological polar surface area (TPSA) is 108 Å².